The lowest BCUT2D eigenvalue weighted by Gasteiger charge is -2.08. The fourth-order valence-corrected chi connectivity index (χ4v) is 1.52. The van der Waals surface area contributed by atoms with E-state index >= 15 is 0 Å². The largest absolute Gasteiger partial charge is 0.455 e. The van der Waals surface area contributed by atoms with Gasteiger partial charge < -0.3 is 10.5 Å². The minimum atomic E-state index is -0.362. The minimum Gasteiger partial charge on any atom is -0.455 e. The van der Waals surface area contributed by atoms with Crippen molar-refractivity contribution in [3.63, 3.8) is 0 Å². The number of halogens is 1. The number of ether oxygens (including phenoxy) is 1. The first kappa shape index (κ1) is 11.5. The van der Waals surface area contributed by atoms with E-state index in [1.807, 2.05) is 24.3 Å². The maximum Gasteiger partial charge on any atom is 0.153 e. The fraction of sp³-hybridized carbons (Fsp3) is 0.143. The van der Waals surface area contributed by atoms with Gasteiger partial charge in [-0.15, -0.1) is 0 Å². The number of aryl methyl sites for hydroxylation is 1. The Morgan fingerprint density at radius 1 is 1.12 bits per heavy atom. The smallest absolute Gasteiger partial charge is 0.153 e. The summed E-state index contributed by atoms with van der Waals surface area (Å²) in [6, 6.07) is 11.7. The zero-order valence-corrected chi connectivity index (χ0v) is 9.61. The molecule has 0 bridgehead atoms. The third kappa shape index (κ3) is 2.75. The number of rotatable bonds is 3. The van der Waals surface area contributed by atoms with Crippen LogP contribution in [0.5, 0.6) is 11.5 Å². The molecule has 0 spiro atoms. The van der Waals surface area contributed by atoms with Crippen molar-refractivity contribution in [2.75, 3.05) is 5.73 Å². The predicted octanol–water partition coefficient (Wildman–Crippen LogP) is 3.76. The van der Waals surface area contributed by atoms with Gasteiger partial charge in [0.05, 0.1) is 5.69 Å². The second-order valence-electron chi connectivity index (χ2n) is 3.78. The molecule has 0 heterocycles. The van der Waals surface area contributed by atoms with Crippen LogP contribution in [0.3, 0.4) is 0 Å². The van der Waals surface area contributed by atoms with E-state index in [4.69, 9.17) is 10.5 Å². The summed E-state index contributed by atoms with van der Waals surface area (Å²) in [5, 5.41) is 0. The molecule has 0 saturated carbocycles. The highest BCUT2D eigenvalue weighted by atomic mass is 19.1. The van der Waals surface area contributed by atoms with E-state index in [0.29, 0.717) is 17.2 Å². The van der Waals surface area contributed by atoms with Crippen LogP contribution >= 0.6 is 0 Å². The monoisotopic (exact) mass is 231 g/mol. The molecule has 0 saturated heterocycles. The van der Waals surface area contributed by atoms with Crippen molar-refractivity contribution >= 4 is 5.69 Å². The SMILES string of the molecule is CCc1ccc(Oc2cc(F)ccc2N)cc1. The Labute approximate surface area is 99.8 Å². The van der Waals surface area contributed by atoms with Crippen LogP contribution in [0.15, 0.2) is 42.5 Å². The van der Waals surface area contributed by atoms with E-state index in [0.717, 1.165) is 6.42 Å². The molecule has 0 atom stereocenters. The zero-order chi connectivity index (χ0) is 12.3. The maximum atomic E-state index is 13.0. The first-order valence-electron chi connectivity index (χ1n) is 5.51. The Balaban J connectivity index is 2.22. The Morgan fingerprint density at radius 3 is 2.47 bits per heavy atom. The average molecular weight is 231 g/mol. The van der Waals surface area contributed by atoms with Crippen molar-refractivity contribution in [2.24, 2.45) is 0 Å². The Morgan fingerprint density at radius 2 is 1.82 bits per heavy atom. The van der Waals surface area contributed by atoms with E-state index in [9.17, 15) is 4.39 Å². The van der Waals surface area contributed by atoms with Crippen molar-refractivity contribution in [3.05, 3.63) is 53.8 Å². The standard InChI is InChI=1S/C14H14FNO/c1-2-10-3-6-12(7-4-10)17-14-9-11(15)5-8-13(14)16/h3-9H,2,16H2,1H3. The van der Waals surface area contributed by atoms with Crippen molar-refractivity contribution in [3.8, 4) is 11.5 Å². The summed E-state index contributed by atoms with van der Waals surface area (Å²) in [4.78, 5) is 0. The number of benzene rings is 2. The van der Waals surface area contributed by atoms with Gasteiger partial charge in [0, 0.05) is 6.07 Å². The van der Waals surface area contributed by atoms with Crippen LogP contribution in [0.4, 0.5) is 10.1 Å². The Bertz CT molecular complexity index is 508. The van der Waals surface area contributed by atoms with Gasteiger partial charge in [-0.1, -0.05) is 19.1 Å². The lowest BCUT2D eigenvalue weighted by atomic mass is 10.2. The van der Waals surface area contributed by atoms with Crippen LogP contribution in [0.1, 0.15) is 12.5 Å². The van der Waals surface area contributed by atoms with Gasteiger partial charge in [0.1, 0.15) is 11.6 Å². The van der Waals surface area contributed by atoms with Crippen molar-refractivity contribution in [1.82, 2.24) is 0 Å². The molecule has 0 amide bonds. The zero-order valence-electron chi connectivity index (χ0n) is 9.61. The fourth-order valence-electron chi connectivity index (χ4n) is 1.52. The van der Waals surface area contributed by atoms with Gasteiger partial charge in [0.2, 0.25) is 0 Å². The molecule has 0 radical (unpaired) electrons. The van der Waals surface area contributed by atoms with Crippen LogP contribution in [-0.4, -0.2) is 0 Å². The van der Waals surface area contributed by atoms with Gasteiger partial charge in [0.15, 0.2) is 5.75 Å². The van der Waals surface area contributed by atoms with Gasteiger partial charge >= 0.3 is 0 Å². The highest BCUT2D eigenvalue weighted by Crippen LogP contribution is 2.28. The van der Waals surface area contributed by atoms with Crippen LogP contribution in [0, 0.1) is 5.82 Å². The molecule has 0 fully saturated rings. The van der Waals surface area contributed by atoms with E-state index < -0.39 is 0 Å². The number of nitrogen functional groups attached to an aromatic ring is 1. The molecule has 2 nitrogen and oxygen atoms in total. The van der Waals surface area contributed by atoms with E-state index in [1.165, 1.54) is 23.8 Å². The van der Waals surface area contributed by atoms with Crippen molar-refractivity contribution < 1.29 is 9.13 Å². The van der Waals surface area contributed by atoms with Gasteiger partial charge in [-0.25, -0.2) is 4.39 Å². The molecule has 0 aliphatic carbocycles. The topological polar surface area (TPSA) is 35.2 Å². The third-order valence-corrected chi connectivity index (χ3v) is 2.54. The van der Waals surface area contributed by atoms with Gasteiger partial charge in [-0.05, 0) is 36.2 Å². The van der Waals surface area contributed by atoms with Crippen LogP contribution in [-0.2, 0) is 6.42 Å². The number of nitrogens with two attached hydrogens (primary N) is 1. The first-order valence-corrected chi connectivity index (χ1v) is 5.51. The average Bonchev–Trinajstić information content (AvgIpc) is 2.35. The molecule has 0 unspecified atom stereocenters. The molecular weight excluding hydrogens is 217 g/mol. The van der Waals surface area contributed by atoms with E-state index in [2.05, 4.69) is 6.92 Å². The minimum absolute atomic E-state index is 0.342. The van der Waals surface area contributed by atoms with Crippen LogP contribution in [0.25, 0.3) is 0 Å². The molecule has 3 heteroatoms. The van der Waals surface area contributed by atoms with Crippen LogP contribution < -0.4 is 10.5 Å². The number of anilines is 1. The summed E-state index contributed by atoms with van der Waals surface area (Å²) in [6.45, 7) is 2.08. The summed E-state index contributed by atoms with van der Waals surface area (Å²) in [5.74, 6) is 0.633. The maximum absolute atomic E-state index is 13.0. The summed E-state index contributed by atoms with van der Waals surface area (Å²) >= 11 is 0. The summed E-state index contributed by atoms with van der Waals surface area (Å²) < 4.78 is 18.6. The van der Waals surface area contributed by atoms with Gasteiger partial charge in [-0.3, -0.25) is 0 Å². The molecule has 0 aliphatic rings. The van der Waals surface area contributed by atoms with Crippen molar-refractivity contribution in [1.29, 1.82) is 0 Å². The van der Waals surface area contributed by atoms with Gasteiger partial charge in [-0.2, -0.15) is 0 Å². The molecule has 17 heavy (non-hydrogen) atoms. The third-order valence-electron chi connectivity index (χ3n) is 2.54. The molecule has 0 aromatic heterocycles. The summed E-state index contributed by atoms with van der Waals surface area (Å²) in [7, 11) is 0. The lowest BCUT2D eigenvalue weighted by Crippen LogP contribution is -1.93. The molecule has 0 aliphatic heterocycles. The highest BCUT2D eigenvalue weighted by Gasteiger charge is 2.03. The second-order valence-corrected chi connectivity index (χ2v) is 3.78. The number of hydrogen-bond donors (Lipinski definition) is 1. The first-order chi connectivity index (χ1) is 8.19. The Kier molecular flexibility index (Phi) is 3.28. The quantitative estimate of drug-likeness (QED) is 0.816. The van der Waals surface area contributed by atoms with Crippen LogP contribution in [0.2, 0.25) is 0 Å². The molecule has 88 valence electrons. The van der Waals surface area contributed by atoms with Crippen molar-refractivity contribution in [2.45, 2.75) is 13.3 Å². The van der Waals surface area contributed by atoms with E-state index in [1.54, 1.807) is 0 Å². The molecular formula is C14H14FNO. The predicted molar refractivity (Wildman–Crippen MR) is 66.7 cm³/mol. The number of hydrogen-bond acceptors (Lipinski definition) is 2. The summed E-state index contributed by atoms with van der Waals surface area (Å²) in [6.07, 6.45) is 0.975. The van der Waals surface area contributed by atoms with Gasteiger partial charge in [0.25, 0.3) is 0 Å². The normalized spacial score (nSPS) is 10.2. The lowest BCUT2D eigenvalue weighted by molar-refractivity contribution is 0.479. The highest BCUT2D eigenvalue weighted by molar-refractivity contribution is 5.53. The summed E-state index contributed by atoms with van der Waals surface area (Å²) in [5.41, 5.74) is 7.35. The molecule has 2 aromatic rings. The second kappa shape index (κ2) is 4.87. The molecule has 2 rings (SSSR count). The molecule has 2 aromatic carbocycles. The molecule has 2 N–H and O–H groups in total. The van der Waals surface area contributed by atoms with E-state index in [-0.39, 0.29) is 5.82 Å². The Hall–Kier alpha value is -2.03.